The van der Waals surface area contributed by atoms with Crippen LogP contribution in [0.25, 0.3) is 0 Å². The Bertz CT molecular complexity index is 1110. The molecule has 8 nitrogen and oxygen atoms in total. The summed E-state index contributed by atoms with van der Waals surface area (Å²) in [4.78, 5) is 27.8. The molecule has 0 unspecified atom stereocenters. The van der Waals surface area contributed by atoms with Crippen molar-refractivity contribution in [1.82, 2.24) is 10.2 Å². The number of nitrogens with one attached hydrogen (secondary N) is 1. The molecule has 0 saturated heterocycles. The summed E-state index contributed by atoms with van der Waals surface area (Å²) in [6.45, 7) is 5.73. The average Bonchev–Trinajstić information content (AvgIpc) is 2.78. The zero-order chi connectivity index (χ0) is 25.5. The number of para-hydroxylation sites is 2. The highest BCUT2D eigenvalue weighted by atomic mass is 79.9. The van der Waals surface area contributed by atoms with Gasteiger partial charge in [0.2, 0.25) is 21.8 Å². The predicted octanol–water partition coefficient (Wildman–Crippen LogP) is 3.41. The largest absolute Gasteiger partial charge is 0.495 e. The number of amides is 2. The molecule has 0 saturated carbocycles. The van der Waals surface area contributed by atoms with Crippen LogP contribution in [0.3, 0.4) is 0 Å². The van der Waals surface area contributed by atoms with E-state index in [-0.39, 0.29) is 24.1 Å². The van der Waals surface area contributed by atoms with Crippen LogP contribution in [0.4, 0.5) is 5.69 Å². The molecule has 1 N–H and O–H groups in total. The summed E-state index contributed by atoms with van der Waals surface area (Å²) in [5.74, 6) is -0.248. The molecule has 34 heavy (non-hydrogen) atoms. The van der Waals surface area contributed by atoms with Gasteiger partial charge in [-0.15, -0.1) is 0 Å². The van der Waals surface area contributed by atoms with Crippen LogP contribution in [-0.4, -0.2) is 57.6 Å². The second kappa shape index (κ2) is 12.2. The minimum atomic E-state index is -3.83. The molecule has 0 heterocycles. The summed E-state index contributed by atoms with van der Waals surface area (Å²) in [6, 6.07) is 13.2. The quantitative estimate of drug-likeness (QED) is 0.460. The molecular weight excluding hydrogens is 522 g/mol. The number of halogens is 1. The third kappa shape index (κ3) is 7.73. The standard InChI is InChI=1S/C24H32BrN3O5S/c1-17(2)14-26-24(30)18(3)27(15-19-9-8-10-20(25)13-19)23(29)16-28(34(5,31)32)21-11-6-7-12-22(21)33-4/h6-13,17-18H,14-16H2,1-5H3,(H,26,30)/t18-/m0/s1. The Morgan fingerprint density at radius 3 is 2.35 bits per heavy atom. The van der Waals surface area contributed by atoms with E-state index in [0.29, 0.717) is 12.3 Å². The number of benzene rings is 2. The normalized spacial score (nSPS) is 12.2. The SMILES string of the molecule is COc1ccccc1N(CC(=O)N(Cc1cccc(Br)c1)[C@@H](C)C(=O)NCC(C)C)S(C)(=O)=O. The lowest BCUT2D eigenvalue weighted by Crippen LogP contribution is -2.51. The zero-order valence-electron chi connectivity index (χ0n) is 20.1. The van der Waals surface area contributed by atoms with E-state index < -0.39 is 28.5 Å². The molecule has 2 aromatic carbocycles. The minimum Gasteiger partial charge on any atom is -0.495 e. The van der Waals surface area contributed by atoms with Crippen molar-refractivity contribution >= 4 is 43.5 Å². The molecule has 0 aromatic heterocycles. The number of anilines is 1. The van der Waals surface area contributed by atoms with E-state index in [9.17, 15) is 18.0 Å². The van der Waals surface area contributed by atoms with Crippen LogP contribution in [0.15, 0.2) is 53.0 Å². The van der Waals surface area contributed by atoms with Gasteiger partial charge in [-0.3, -0.25) is 13.9 Å². The van der Waals surface area contributed by atoms with Gasteiger partial charge in [0.1, 0.15) is 18.3 Å². The van der Waals surface area contributed by atoms with Crippen LogP contribution in [0.1, 0.15) is 26.3 Å². The molecule has 2 rings (SSSR count). The lowest BCUT2D eigenvalue weighted by atomic mass is 10.1. The fraction of sp³-hybridized carbons (Fsp3) is 0.417. The van der Waals surface area contributed by atoms with Gasteiger partial charge in [-0.2, -0.15) is 0 Å². The molecular formula is C24H32BrN3O5S. The summed E-state index contributed by atoms with van der Waals surface area (Å²) >= 11 is 3.42. The van der Waals surface area contributed by atoms with Crippen LogP contribution in [0, 0.1) is 5.92 Å². The molecule has 186 valence electrons. The van der Waals surface area contributed by atoms with Gasteiger partial charge in [0.05, 0.1) is 19.1 Å². The van der Waals surface area contributed by atoms with Gasteiger partial charge in [0.15, 0.2) is 0 Å². The van der Waals surface area contributed by atoms with Crippen LogP contribution in [-0.2, 0) is 26.2 Å². The van der Waals surface area contributed by atoms with Crippen molar-refractivity contribution < 1.29 is 22.7 Å². The first kappa shape index (κ1) is 27.7. The third-order valence-corrected chi connectivity index (χ3v) is 6.75. The number of carbonyl (C=O) groups is 2. The first-order valence-electron chi connectivity index (χ1n) is 10.9. The number of ether oxygens (including phenoxy) is 1. The highest BCUT2D eigenvalue weighted by molar-refractivity contribution is 9.10. The van der Waals surface area contributed by atoms with Gasteiger partial charge in [-0.1, -0.05) is 54.0 Å². The van der Waals surface area contributed by atoms with Gasteiger partial charge in [0.25, 0.3) is 0 Å². The van der Waals surface area contributed by atoms with Crippen LogP contribution >= 0.6 is 15.9 Å². The first-order valence-corrected chi connectivity index (χ1v) is 13.5. The van der Waals surface area contributed by atoms with Gasteiger partial charge in [-0.05, 0) is 42.7 Å². The summed E-state index contributed by atoms with van der Waals surface area (Å²) in [5.41, 5.74) is 1.05. The molecule has 0 aliphatic carbocycles. The number of sulfonamides is 1. The highest BCUT2D eigenvalue weighted by Crippen LogP contribution is 2.29. The Labute approximate surface area is 210 Å². The minimum absolute atomic E-state index is 0.137. The zero-order valence-corrected chi connectivity index (χ0v) is 22.5. The molecule has 2 amide bonds. The maximum atomic E-state index is 13.5. The molecule has 0 radical (unpaired) electrons. The number of rotatable bonds is 11. The van der Waals surface area contributed by atoms with Crippen LogP contribution in [0.2, 0.25) is 0 Å². The Hall–Kier alpha value is -2.59. The Balaban J connectivity index is 2.40. The smallest absolute Gasteiger partial charge is 0.244 e. The van der Waals surface area contributed by atoms with Crippen molar-refractivity contribution in [3.63, 3.8) is 0 Å². The number of methoxy groups -OCH3 is 1. The molecule has 2 aromatic rings. The molecule has 0 fully saturated rings. The van der Waals surface area contributed by atoms with Crippen molar-refractivity contribution in [1.29, 1.82) is 0 Å². The maximum Gasteiger partial charge on any atom is 0.244 e. The Morgan fingerprint density at radius 1 is 1.09 bits per heavy atom. The lowest BCUT2D eigenvalue weighted by Gasteiger charge is -2.32. The third-order valence-electron chi connectivity index (χ3n) is 5.13. The molecule has 0 aliphatic rings. The van der Waals surface area contributed by atoms with E-state index in [1.807, 2.05) is 38.1 Å². The van der Waals surface area contributed by atoms with E-state index in [4.69, 9.17) is 4.74 Å². The summed E-state index contributed by atoms with van der Waals surface area (Å²) in [6.07, 6.45) is 1.03. The van der Waals surface area contributed by atoms with Crippen molar-refractivity contribution in [2.75, 3.05) is 30.8 Å². The molecule has 0 spiro atoms. The summed E-state index contributed by atoms with van der Waals surface area (Å²) in [5, 5.41) is 2.85. The monoisotopic (exact) mass is 553 g/mol. The topological polar surface area (TPSA) is 96.0 Å². The van der Waals surface area contributed by atoms with Crippen LogP contribution in [0.5, 0.6) is 5.75 Å². The van der Waals surface area contributed by atoms with Gasteiger partial charge >= 0.3 is 0 Å². The van der Waals surface area contributed by atoms with Crippen molar-refractivity contribution in [2.24, 2.45) is 5.92 Å². The average molecular weight is 555 g/mol. The maximum absolute atomic E-state index is 13.5. The second-order valence-corrected chi connectivity index (χ2v) is 11.2. The highest BCUT2D eigenvalue weighted by Gasteiger charge is 2.31. The fourth-order valence-electron chi connectivity index (χ4n) is 3.30. The fourth-order valence-corrected chi connectivity index (χ4v) is 4.60. The van der Waals surface area contributed by atoms with Crippen LogP contribution < -0.4 is 14.4 Å². The van der Waals surface area contributed by atoms with Crippen molar-refractivity contribution in [2.45, 2.75) is 33.4 Å². The first-order chi connectivity index (χ1) is 15.9. The van der Waals surface area contributed by atoms with Gasteiger partial charge in [-0.25, -0.2) is 8.42 Å². The second-order valence-electron chi connectivity index (χ2n) is 8.41. The van der Waals surface area contributed by atoms with E-state index in [1.165, 1.54) is 12.0 Å². The van der Waals surface area contributed by atoms with Gasteiger partial charge < -0.3 is 15.0 Å². The molecule has 0 aliphatic heterocycles. The Kier molecular flexibility index (Phi) is 9.93. The molecule has 1 atom stereocenters. The van der Waals surface area contributed by atoms with Crippen molar-refractivity contribution in [3.8, 4) is 5.75 Å². The number of hydrogen-bond acceptors (Lipinski definition) is 5. The van der Waals surface area contributed by atoms with E-state index in [2.05, 4.69) is 21.2 Å². The Morgan fingerprint density at radius 2 is 1.76 bits per heavy atom. The van der Waals surface area contributed by atoms with Gasteiger partial charge in [0, 0.05) is 17.6 Å². The number of carbonyl (C=O) groups excluding carboxylic acids is 2. The summed E-state index contributed by atoms with van der Waals surface area (Å²) < 4.78 is 32.5. The lowest BCUT2D eigenvalue weighted by molar-refractivity contribution is -0.139. The molecule has 0 bridgehead atoms. The predicted molar refractivity (Wildman–Crippen MR) is 137 cm³/mol. The van der Waals surface area contributed by atoms with E-state index in [1.54, 1.807) is 31.2 Å². The number of nitrogens with zero attached hydrogens (tertiary/aromatic N) is 2. The number of hydrogen-bond donors (Lipinski definition) is 1. The summed E-state index contributed by atoms with van der Waals surface area (Å²) in [7, 11) is -2.40. The van der Waals surface area contributed by atoms with Crippen molar-refractivity contribution in [3.05, 3.63) is 58.6 Å². The van der Waals surface area contributed by atoms with E-state index >= 15 is 0 Å². The van der Waals surface area contributed by atoms with E-state index in [0.717, 1.165) is 20.6 Å². The molecule has 10 heteroatoms.